The van der Waals surface area contributed by atoms with Crippen molar-refractivity contribution in [1.29, 1.82) is 0 Å². The first-order chi connectivity index (χ1) is 8.09. The predicted molar refractivity (Wildman–Crippen MR) is 64.2 cm³/mol. The van der Waals surface area contributed by atoms with Gasteiger partial charge in [-0.25, -0.2) is 4.39 Å². The standard InChI is InChI=1S/C12H15FN2O2/c1-14-9-7-8(3-4-10(9)17-2)15-11(16)12(13)5-6-12/h3-4,7,14H,5-6H2,1-2H3,(H,15,16). The minimum atomic E-state index is -1.65. The number of amides is 1. The summed E-state index contributed by atoms with van der Waals surface area (Å²) in [5.41, 5.74) is -0.349. The number of benzene rings is 1. The molecule has 1 aromatic carbocycles. The van der Waals surface area contributed by atoms with Crippen LogP contribution < -0.4 is 15.4 Å². The Morgan fingerprint density at radius 1 is 1.47 bits per heavy atom. The van der Waals surface area contributed by atoms with Crippen molar-refractivity contribution < 1.29 is 13.9 Å². The van der Waals surface area contributed by atoms with Gasteiger partial charge in [0.1, 0.15) is 5.75 Å². The summed E-state index contributed by atoms with van der Waals surface area (Å²) in [7, 11) is 3.32. The van der Waals surface area contributed by atoms with Crippen molar-refractivity contribution in [2.75, 3.05) is 24.8 Å². The number of ether oxygens (including phenoxy) is 1. The molecule has 92 valence electrons. The van der Waals surface area contributed by atoms with Crippen LogP contribution in [0, 0.1) is 0 Å². The largest absolute Gasteiger partial charge is 0.495 e. The van der Waals surface area contributed by atoms with Crippen molar-refractivity contribution in [2.24, 2.45) is 0 Å². The van der Waals surface area contributed by atoms with Crippen LogP contribution in [-0.2, 0) is 4.79 Å². The average molecular weight is 238 g/mol. The Morgan fingerprint density at radius 2 is 2.18 bits per heavy atom. The van der Waals surface area contributed by atoms with Crippen LogP contribution in [0.25, 0.3) is 0 Å². The molecule has 0 spiro atoms. The molecule has 0 radical (unpaired) electrons. The van der Waals surface area contributed by atoms with E-state index in [0.29, 0.717) is 24.3 Å². The van der Waals surface area contributed by atoms with Gasteiger partial charge >= 0.3 is 0 Å². The molecule has 1 aliphatic rings. The zero-order valence-electron chi connectivity index (χ0n) is 9.84. The minimum absolute atomic E-state index is 0.313. The summed E-state index contributed by atoms with van der Waals surface area (Å²) in [6.45, 7) is 0. The second-order valence-corrected chi connectivity index (χ2v) is 4.08. The minimum Gasteiger partial charge on any atom is -0.495 e. The predicted octanol–water partition coefficient (Wildman–Crippen LogP) is 2.18. The van der Waals surface area contributed by atoms with E-state index in [1.54, 1.807) is 32.4 Å². The average Bonchev–Trinajstić information content (AvgIpc) is 3.08. The fourth-order valence-corrected chi connectivity index (χ4v) is 1.56. The van der Waals surface area contributed by atoms with Crippen molar-refractivity contribution in [2.45, 2.75) is 18.5 Å². The summed E-state index contributed by atoms with van der Waals surface area (Å²) in [5, 5.41) is 5.51. The van der Waals surface area contributed by atoms with Crippen LogP contribution in [0.2, 0.25) is 0 Å². The summed E-state index contributed by atoms with van der Waals surface area (Å²) in [6.07, 6.45) is 0.627. The van der Waals surface area contributed by atoms with Gasteiger partial charge in [0, 0.05) is 12.7 Å². The van der Waals surface area contributed by atoms with Crippen LogP contribution in [0.5, 0.6) is 5.75 Å². The molecule has 2 rings (SSSR count). The molecule has 1 aromatic rings. The van der Waals surface area contributed by atoms with Crippen LogP contribution in [0.4, 0.5) is 15.8 Å². The van der Waals surface area contributed by atoms with Crippen molar-refractivity contribution in [1.82, 2.24) is 0 Å². The van der Waals surface area contributed by atoms with Gasteiger partial charge in [0.2, 0.25) is 0 Å². The summed E-state index contributed by atoms with van der Waals surface area (Å²) in [4.78, 5) is 11.5. The van der Waals surface area contributed by atoms with Crippen LogP contribution in [-0.4, -0.2) is 25.7 Å². The van der Waals surface area contributed by atoms with Gasteiger partial charge in [0.25, 0.3) is 5.91 Å². The molecule has 1 amide bonds. The molecule has 5 heteroatoms. The topological polar surface area (TPSA) is 50.4 Å². The Bertz CT molecular complexity index is 444. The highest BCUT2D eigenvalue weighted by atomic mass is 19.1. The number of hydrogen-bond donors (Lipinski definition) is 2. The van der Waals surface area contributed by atoms with Crippen LogP contribution in [0.1, 0.15) is 12.8 Å². The van der Waals surface area contributed by atoms with Crippen LogP contribution in [0.3, 0.4) is 0 Å². The lowest BCUT2D eigenvalue weighted by atomic mass is 10.2. The molecule has 2 N–H and O–H groups in total. The molecule has 0 heterocycles. The molecule has 1 aliphatic carbocycles. The third kappa shape index (κ3) is 2.33. The normalized spacial score (nSPS) is 16.2. The van der Waals surface area contributed by atoms with Gasteiger partial charge < -0.3 is 15.4 Å². The fraction of sp³-hybridized carbons (Fsp3) is 0.417. The molecular formula is C12H15FN2O2. The van der Waals surface area contributed by atoms with Crippen molar-refractivity contribution in [3.8, 4) is 5.75 Å². The Labute approximate surface area is 99.2 Å². The second-order valence-electron chi connectivity index (χ2n) is 4.08. The summed E-state index contributed by atoms with van der Waals surface area (Å²) in [6, 6.07) is 5.12. The van der Waals surface area contributed by atoms with E-state index >= 15 is 0 Å². The maximum atomic E-state index is 13.5. The second kappa shape index (κ2) is 4.24. The first kappa shape index (κ1) is 11.7. The van der Waals surface area contributed by atoms with Gasteiger partial charge in [-0.05, 0) is 31.0 Å². The first-order valence-electron chi connectivity index (χ1n) is 5.45. The van der Waals surface area contributed by atoms with E-state index in [2.05, 4.69) is 10.6 Å². The third-order valence-electron chi connectivity index (χ3n) is 2.82. The van der Waals surface area contributed by atoms with Gasteiger partial charge in [-0.2, -0.15) is 0 Å². The number of hydrogen-bond acceptors (Lipinski definition) is 3. The Kier molecular flexibility index (Phi) is 2.92. The fourth-order valence-electron chi connectivity index (χ4n) is 1.56. The summed E-state index contributed by atoms with van der Waals surface area (Å²) < 4.78 is 18.6. The van der Waals surface area contributed by atoms with Gasteiger partial charge in [-0.1, -0.05) is 0 Å². The maximum absolute atomic E-state index is 13.5. The van der Waals surface area contributed by atoms with E-state index in [9.17, 15) is 9.18 Å². The number of rotatable bonds is 4. The smallest absolute Gasteiger partial charge is 0.262 e. The highest BCUT2D eigenvalue weighted by molar-refractivity contribution is 5.99. The number of carbonyl (C=O) groups excluding carboxylic acids is 1. The number of halogens is 1. The number of anilines is 2. The van der Waals surface area contributed by atoms with Crippen LogP contribution in [0.15, 0.2) is 18.2 Å². The zero-order valence-corrected chi connectivity index (χ0v) is 9.84. The van der Waals surface area contributed by atoms with E-state index in [1.807, 2.05) is 0 Å². The van der Waals surface area contributed by atoms with E-state index in [0.717, 1.165) is 5.69 Å². The molecule has 0 saturated heterocycles. The lowest BCUT2D eigenvalue weighted by Gasteiger charge is -2.12. The van der Waals surface area contributed by atoms with Crippen LogP contribution >= 0.6 is 0 Å². The lowest BCUT2D eigenvalue weighted by molar-refractivity contribution is -0.122. The van der Waals surface area contributed by atoms with Crippen molar-refractivity contribution in [3.05, 3.63) is 18.2 Å². The number of carbonyl (C=O) groups is 1. The van der Waals surface area contributed by atoms with Crippen molar-refractivity contribution >= 4 is 17.3 Å². The van der Waals surface area contributed by atoms with Crippen molar-refractivity contribution in [3.63, 3.8) is 0 Å². The van der Waals surface area contributed by atoms with Gasteiger partial charge in [-0.3, -0.25) is 4.79 Å². The molecule has 17 heavy (non-hydrogen) atoms. The molecule has 1 fully saturated rings. The Morgan fingerprint density at radius 3 is 2.71 bits per heavy atom. The Balaban J connectivity index is 2.14. The molecule has 0 bridgehead atoms. The van der Waals surface area contributed by atoms with E-state index < -0.39 is 11.6 Å². The quantitative estimate of drug-likeness (QED) is 0.845. The first-order valence-corrected chi connectivity index (χ1v) is 5.45. The highest BCUT2D eigenvalue weighted by Crippen LogP contribution is 2.41. The van der Waals surface area contributed by atoms with Gasteiger partial charge in [0.05, 0.1) is 12.8 Å². The molecule has 1 saturated carbocycles. The number of methoxy groups -OCH3 is 1. The maximum Gasteiger partial charge on any atom is 0.262 e. The monoisotopic (exact) mass is 238 g/mol. The molecule has 0 unspecified atom stereocenters. The molecule has 0 aliphatic heterocycles. The SMILES string of the molecule is CNc1cc(NC(=O)C2(F)CC2)ccc1OC. The third-order valence-corrected chi connectivity index (χ3v) is 2.82. The van der Waals surface area contributed by atoms with E-state index in [1.165, 1.54) is 0 Å². The summed E-state index contributed by atoms with van der Waals surface area (Å²) >= 11 is 0. The zero-order chi connectivity index (χ0) is 12.5. The van der Waals surface area contributed by atoms with E-state index in [-0.39, 0.29) is 0 Å². The lowest BCUT2D eigenvalue weighted by Crippen LogP contribution is -2.25. The molecule has 0 atom stereocenters. The number of alkyl halides is 1. The Hall–Kier alpha value is -1.78. The molecule has 0 aromatic heterocycles. The van der Waals surface area contributed by atoms with Gasteiger partial charge in [-0.15, -0.1) is 0 Å². The molecular weight excluding hydrogens is 223 g/mol. The van der Waals surface area contributed by atoms with E-state index in [4.69, 9.17) is 4.74 Å². The molecule has 4 nitrogen and oxygen atoms in total. The summed E-state index contributed by atoms with van der Waals surface area (Å²) in [5.74, 6) is 0.108. The number of nitrogens with one attached hydrogen (secondary N) is 2. The van der Waals surface area contributed by atoms with Gasteiger partial charge in [0.15, 0.2) is 5.67 Å². The highest BCUT2D eigenvalue weighted by Gasteiger charge is 2.50.